The largest absolute Gasteiger partial charge is 0.366 e. The van der Waals surface area contributed by atoms with E-state index >= 15 is 0 Å². The minimum atomic E-state index is -0.225. The molecule has 142 valence electrons. The molecular weight excluding hydrogens is 353 g/mol. The zero-order chi connectivity index (χ0) is 19.3. The fourth-order valence-corrected chi connectivity index (χ4v) is 3.51. The van der Waals surface area contributed by atoms with Crippen molar-refractivity contribution in [2.24, 2.45) is 0 Å². The van der Waals surface area contributed by atoms with Crippen LogP contribution in [0.2, 0.25) is 0 Å². The molecule has 0 unspecified atom stereocenters. The van der Waals surface area contributed by atoms with E-state index in [2.05, 4.69) is 0 Å². The Bertz CT molecular complexity index is 885. The number of para-hydroxylation sites is 3. The summed E-state index contributed by atoms with van der Waals surface area (Å²) in [5, 5.41) is 0. The third kappa shape index (κ3) is 3.69. The van der Waals surface area contributed by atoms with Crippen LogP contribution in [0.15, 0.2) is 84.9 Å². The molecule has 3 aromatic rings. The van der Waals surface area contributed by atoms with Crippen LogP contribution < -0.4 is 9.80 Å². The number of hydrogen-bond donors (Lipinski definition) is 0. The minimum Gasteiger partial charge on any atom is -0.366 e. The highest BCUT2D eigenvalue weighted by Crippen LogP contribution is 2.27. The Labute approximate surface area is 164 Å². The van der Waals surface area contributed by atoms with E-state index in [0.717, 1.165) is 11.4 Å². The zero-order valence-electron chi connectivity index (χ0n) is 15.5. The normalized spacial score (nSPS) is 14.0. The van der Waals surface area contributed by atoms with Gasteiger partial charge in [0.1, 0.15) is 5.82 Å². The van der Waals surface area contributed by atoms with Gasteiger partial charge in [-0.25, -0.2) is 9.18 Å². The molecule has 2 amide bonds. The Morgan fingerprint density at radius 3 is 1.75 bits per heavy atom. The van der Waals surface area contributed by atoms with Crippen LogP contribution in [0, 0.1) is 5.82 Å². The molecule has 5 heteroatoms. The van der Waals surface area contributed by atoms with Gasteiger partial charge in [-0.15, -0.1) is 0 Å². The van der Waals surface area contributed by atoms with E-state index in [1.165, 1.54) is 6.07 Å². The smallest absolute Gasteiger partial charge is 0.329 e. The molecule has 1 heterocycles. The number of benzene rings is 3. The van der Waals surface area contributed by atoms with Crippen molar-refractivity contribution in [1.29, 1.82) is 0 Å². The molecule has 3 aromatic carbocycles. The summed E-state index contributed by atoms with van der Waals surface area (Å²) >= 11 is 0. The highest BCUT2D eigenvalue weighted by atomic mass is 19.1. The van der Waals surface area contributed by atoms with Gasteiger partial charge in [-0.05, 0) is 36.4 Å². The second kappa shape index (κ2) is 8.13. The van der Waals surface area contributed by atoms with Gasteiger partial charge in [-0.3, -0.25) is 4.90 Å². The average molecular weight is 375 g/mol. The van der Waals surface area contributed by atoms with E-state index in [9.17, 15) is 9.18 Å². The number of piperazine rings is 1. The summed E-state index contributed by atoms with van der Waals surface area (Å²) in [7, 11) is 0. The third-order valence-electron chi connectivity index (χ3n) is 4.96. The number of hydrogen-bond acceptors (Lipinski definition) is 2. The second-order valence-electron chi connectivity index (χ2n) is 6.71. The first-order valence-electron chi connectivity index (χ1n) is 9.42. The number of nitrogens with zero attached hydrogens (tertiary/aromatic N) is 3. The molecule has 4 rings (SSSR count). The quantitative estimate of drug-likeness (QED) is 0.651. The van der Waals surface area contributed by atoms with Crippen LogP contribution in [0.3, 0.4) is 0 Å². The lowest BCUT2D eigenvalue weighted by Gasteiger charge is -2.38. The summed E-state index contributed by atoms with van der Waals surface area (Å²) in [4.78, 5) is 18.9. The van der Waals surface area contributed by atoms with E-state index in [4.69, 9.17) is 0 Å². The monoisotopic (exact) mass is 375 g/mol. The van der Waals surface area contributed by atoms with Crippen molar-refractivity contribution < 1.29 is 9.18 Å². The predicted molar refractivity (Wildman–Crippen MR) is 111 cm³/mol. The SMILES string of the molecule is O=C(N1CCN(c2ccccc2F)CC1)N(c1ccccc1)c1ccccc1. The zero-order valence-corrected chi connectivity index (χ0v) is 15.5. The highest BCUT2D eigenvalue weighted by Gasteiger charge is 2.28. The van der Waals surface area contributed by atoms with Crippen molar-refractivity contribution in [1.82, 2.24) is 4.90 Å². The first-order chi connectivity index (χ1) is 13.7. The molecule has 1 aliphatic rings. The highest BCUT2D eigenvalue weighted by molar-refractivity contribution is 5.99. The van der Waals surface area contributed by atoms with E-state index < -0.39 is 0 Å². The summed E-state index contributed by atoms with van der Waals surface area (Å²) in [6.07, 6.45) is 0. The lowest BCUT2D eigenvalue weighted by atomic mass is 10.2. The summed E-state index contributed by atoms with van der Waals surface area (Å²) < 4.78 is 14.1. The van der Waals surface area contributed by atoms with Gasteiger partial charge in [0, 0.05) is 26.2 Å². The number of urea groups is 1. The van der Waals surface area contributed by atoms with E-state index in [-0.39, 0.29) is 11.8 Å². The Morgan fingerprint density at radius 2 is 1.21 bits per heavy atom. The van der Waals surface area contributed by atoms with Crippen LogP contribution in [0.5, 0.6) is 0 Å². The molecule has 0 aliphatic carbocycles. The van der Waals surface area contributed by atoms with Gasteiger partial charge in [0.2, 0.25) is 0 Å². The summed E-state index contributed by atoms with van der Waals surface area (Å²) in [5.41, 5.74) is 2.25. The number of carbonyl (C=O) groups is 1. The second-order valence-corrected chi connectivity index (χ2v) is 6.71. The molecule has 0 bridgehead atoms. The Balaban J connectivity index is 1.53. The lowest BCUT2D eigenvalue weighted by Crippen LogP contribution is -2.52. The molecule has 0 N–H and O–H groups in total. The Morgan fingerprint density at radius 1 is 0.714 bits per heavy atom. The van der Waals surface area contributed by atoms with Gasteiger partial charge in [0.15, 0.2) is 0 Å². The number of halogens is 1. The molecule has 1 saturated heterocycles. The summed E-state index contributed by atoms with van der Waals surface area (Å²) in [5.74, 6) is -0.225. The topological polar surface area (TPSA) is 26.8 Å². The standard InChI is InChI=1S/C23H22FN3O/c24-21-13-7-8-14-22(21)25-15-17-26(18-16-25)23(28)27(19-9-3-1-4-10-19)20-11-5-2-6-12-20/h1-14H,15-18H2. The van der Waals surface area contributed by atoms with Gasteiger partial charge < -0.3 is 9.80 Å². The van der Waals surface area contributed by atoms with Crippen molar-refractivity contribution in [3.63, 3.8) is 0 Å². The molecule has 28 heavy (non-hydrogen) atoms. The molecule has 1 fully saturated rings. The average Bonchev–Trinajstić information content (AvgIpc) is 2.76. The molecule has 0 spiro atoms. The van der Waals surface area contributed by atoms with Crippen LogP contribution >= 0.6 is 0 Å². The Kier molecular flexibility index (Phi) is 5.24. The molecule has 1 aliphatic heterocycles. The van der Waals surface area contributed by atoms with Crippen molar-refractivity contribution in [2.75, 3.05) is 36.0 Å². The maximum Gasteiger partial charge on any atom is 0.329 e. The Hall–Kier alpha value is -3.34. The van der Waals surface area contributed by atoms with Gasteiger partial charge in [-0.1, -0.05) is 48.5 Å². The van der Waals surface area contributed by atoms with Gasteiger partial charge in [-0.2, -0.15) is 0 Å². The third-order valence-corrected chi connectivity index (χ3v) is 4.96. The van der Waals surface area contributed by atoms with Crippen molar-refractivity contribution in [3.05, 3.63) is 90.7 Å². The number of carbonyl (C=O) groups excluding carboxylic acids is 1. The molecule has 0 aromatic heterocycles. The number of anilines is 3. The van der Waals surface area contributed by atoms with E-state index in [0.29, 0.717) is 31.9 Å². The fourth-order valence-electron chi connectivity index (χ4n) is 3.51. The summed E-state index contributed by atoms with van der Waals surface area (Å²) in [6, 6.07) is 26.0. The molecule has 0 saturated carbocycles. The van der Waals surface area contributed by atoms with Crippen LogP contribution in [-0.2, 0) is 0 Å². The van der Waals surface area contributed by atoms with Gasteiger partial charge in [0.25, 0.3) is 0 Å². The fraction of sp³-hybridized carbons (Fsp3) is 0.174. The first-order valence-corrected chi connectivity index (χ1v) is 9.42. The van der Waals surface area contributed by atoms with Crippen molar-refractivity contribution in [3.8, 4) is 0 Å². The molecule has 0 radical (unpaired) electrons. The van der Waals surface area contributed by atoms with Gasteiger partial charge >= 0.3 is 6.03 Å². The maximum atomic E-state index is 14.1. The predicted octanol–water partition coefficient (Wildman–Crippen LogP) is 4.91. The minimum absolute atomic E-state index is 0.0643. The van der Waals surface area contributed by atoms with E-state index in [1.807, 2.05) is 76.5 Å². The van der Waals surface area contributed by atoms with Crippen molar-refractivity contribution >= 4 is 23.1 Å². The van der Waals surface area contributed by atoms with Crippen LogP contribution in [-0.4, -0.2) is 37.1 Å². The molecule has 4 nitrogen and oxygen atoms in total. The lowest BCUT2D eigenvalue weighted by molar-refractivity contribution is 0.203. The van der Waals surface area contributed by atoms with E-state index in [1.54, 1.807) is 17.0 Å². The number of amides is 2. The first kappa shape index (κ1) is 18.0. The van der Waals surface area contributed by atoms with Crippen LogP contribution in [0.4, 0.5) is 26.2 Å². The van der Waals surface area contributed by atoms with Crippen LogP contribution in [0.25, 0.3) is 0 Å². The number of rotatable bonds is 3. The molecule has 0 atom stereocenters. The maximum absolute atomic E-state index is 14.1. The molecular formula is C23H22FN3O. The summed E-state index contributed by atoms with van der Waals surface area (Å²) in [6.45, 7) is 2.29. The van der Waals surface area contributed by atoms with Gasteiger partial charge in [0.05, 0.1) is 17.1 Å². The van der Waals surface area contributed by atoms with Crippen molar-refractivity contribution in [2.45, 2.75) is 0 Å². The van der Waals surface area contributed by atoms with Crippen LogP contribution in [0.1, 0.15) is 0 Å².